The summed E-state index contributed by atoms with van der Waals surface area (Å²) < 4.78 is 5.86. The molecule has 104 valence electrons. The number of rotatable bonds is 4. The Balaban J connectivity index is 1.84. The predicted octanol–water partition coefficient (Wildman–Crippen LogP) is 2.49. The van der Waals surface area contributed by atoms with E-state index in [0.717, 1.165) is 22.2 Å². The van der Waals surface area contributed by atoms with E-state index in [4.69, 9.17) is 15.9 Å². The number of hydrogen-bond acceptors (Lipinski definition) is 4. The summed E-state index contributed by atoms with van der Waals surface area (Å²) in [5.74, 6) is 0.730. The van der Waals surface area contributed by atoms with Gasteiger partial charge in [0.05, 0.1) is 5.52 Å². The molecule has 3 N–H and O–H groups in total. The van der Waals surface area contributed by atoms with Gasteiger partial charge in [0.25, 0.3) is 0 Å². The van der Waals surface area contributed by atoms with E-state index in [1.807, 2.05) is 36.4 Å². The lowest BCUT2D eigenvalue weighted by Gasteiger charge is -2.09. The third kappa shape index (κ3) is 2.81. The van der Waals surface area contributed by atoms with Crippen LogP contribution in [0.2, 0.25) is 0 Å². The van der Waals surface area contributed by atoms with Crippen LogP contribution in [-0.2, 0) is 6.61 Å². The number of amidine groups is 1. The monoisotopic (exact) mass is 278 g/mol. The Kier molecular flexibility index (Phi) is 3.47. The Hall–Kier alpha value is -2.95. The van der Waals surface area contributed by atoms with Crippen molar-refractivity contribution in [3.63, 3.8) is 0 Å². The first kappa shape index (κ1) is 13.1. The summed E-state index contributed by atoms with van der Waals surface area (Å²) in [6, 6.07) is 13.2. The van der Waals surface area contributed by atoms with Crippen molar-refractivity contribution in [3.8, 4) is 5.75 Å². The van der Waals surface area contributed by atoms with Crippen molar-refractivity contribution in [2.75, 3.05) is 0 Å². The number of benzene rings is 1. The van der Waals surface area contributed by atoms with Crippen molar-refractivity contribution in [2.24, 2.45) is 5.73 Å². The Labute approximate surface area is 121 Å². The number of ether oxygens (including phenoxy) is 1. The zero-order chi connectivity index (χ0) is 14.7. The molecule has 5 nitrogen and oxygen atoms in total. The van der Waals surface area contributed by atoms with Crippen molar-refractivity contribution < 1.29 is 4.74 Å². The molecule has 0 bridgehead atoms. The second kappa shape index (κ2) is 5.58. The standard InChI is InChI=1S/C16H14N4O/c17-16(18)14-9-11(6-8-20-14)10-21-15-5-1-4-13-12(15)3-2-7-19-13/h1-9H,10H2,(H3,17,18). The average molecular weight is 278 g/mol. The van der Waals surface area contributed by atoms with Gasteiger partial charge in [-0.05, 0) is 42.0 Å². The minimum Gasteiger partial charge on any atom is -0.488 e. The average Bonchev–Trinajstić information content (AvgIpc) is 2.53. The maximum Gasteiger partial charge on any atom is 0.141 e. The first-order valence-electron chi connectivity index (χ1n) is 6.50. The number of nitrogens with one attached hydrogen (secondary N) is 1. The molecule has 2 aromatic heterocycles. The summed E-state index contributed by atoms with van der Waals surface area (Å²) in [6.07, 6.45) is 3.38. The van der Waals surface area contributed by atoms with Gasteiger partial charge in [-0.2, -0.15) is 0 Å². The van der Waals surface area contributed by atoms with Crippen LogP contribution >= 0.6 is 0 Å². The molecule has 0 amide bonds. The minimum absolute atomic E-state index is 0.0498. The number of pyridine rings is 2. The summed E-state index contributed by atoms with van der Waals surface area (Å²) in [5.41, 5.74) is 7.70. The predicted molar refractivity (Wildman–Crippen MR) is 81.3 cm³/mol. The lowest BCUT2D eigenvalue weighted by Crippen LogP contribution is -2.13. The second-order valence-electron chi connectivity index (χ2n) is 4.58. The van der Waals surface area contributed by atoms with E-state index in [1.54, 1.807) is 18.5 Å². The molecule has 0 fully saturated rings. The van der Waals surface area contributed by atoms with Crippen LogP contribution in [0.1, 0.15) is 11.3 Å². The summed E-state index contributed by atoms with van der Waals surface area (Å²) in [6.45, 7) is 0.386. The van der Waals surface area contributed by atoms with Crippen LogP contribution in [0.25, 0.3) is 10.9 Å². The first-order chi connectivity index (χ1) is 10.2. The molecule has 1 aromatic carbocycles. The van der Waals surface area contributed by atoms with E-state index in [2.05, 4.69) is 9.97 Å². The summed E-state index contributed by atoms with van der Waals surface area (Å²) in [4.78, 5) is 8.33. The van der Waals surface area contributed by atoms with E-state index in [0.29, 0.717) is 12.3 Å². The SMILES string of the molecule is N=C(N)c1cc(COc2cccc3ncccc23)ccn1. The molecule has 0 saturated carbocycles. The van der Waals surface area contributed by atoms with Gasteiger partial charge >= 0.3 is 0 Å². The molecular weight excluding hydrogens is 264 g/mol. The van der Waals surface area contributed by atoms with E-state index in [1.165, 1.54) is 0 Å². The van der Waals surface area contributed by atoms with Crippen LogP contribution in [0.15, 0.2) is 54.9 Å². The van der Waals surface area contributed by atoms with Crippen molar-refractivity contribution in [2.45, 2.75) is 6.61 Å². The zero-order valence-electron chi connectivity index (χ0n) is 11.3. The van der Waals surface area contributed by atoms with Gasteiger partial charge in [-0.25, -0.2) is 0 Å². The van der Waals surface area contributed by atoms with Gasteiger partial charge in [0.15, 0.2) is 0 Å². The normalized spacial score (nSPS) is 10.5. The van der Waals surface area contributed by atoms with Crippen LogP contribution < -0.4 is 10.5 Å². The molecule has 0 aliphatic rings. The van der Waals surface area contributed by atoms with E-state index in [9.17, 15) is 0 Å². The Morgan fingerprint density at radius 2 is 2.00 bits per heavy atom. The number of fused-ring (bicyclic) bond motifs is 1. The molecule has 0 atom stereocenters. The smallest absolute Gasteiger partial charge is 0.141 e. The largest absolute Gasteiger partial charge is 0.488 e. The van der Waals surface area contributed by atoms with Crippen molar-refractivity contribution in [1.82, 2.24) is 9.97 Å². The van der Waals surface area contributed by atoms with Crippen molar-refractivity contribution >= 4 is 16.7 Å². The highest BCUT2D eigenvalue weighted by atomic mass is 16.5. The lowest BCUT2D eigenvalue weighted by atomic mass is 10.2. The number of nitrogen functional groups attached to an aromatic ring is 1. The number of nitrogens with zero attached hydrogens (tertiary/aromatic N) is 2. The van der Waals surface area contributed by atoms with Crippen LogP contribution in [0.4, 0.5) is 0 Å². The minimum atomic E-state index is -0.0498. The van der Waals surface area contributed by atoms with Gasteiger partial charge < -0.3 is 10.5 Å². The summed E-state index contributed by atoms with van der Waals surface area (Å²) in [5, 5.41) is 8.38. The molecule has 0 aliphatic carbocycles. The highest BCUT2D eigenvalue weighted by Gasteiger charge is 2.04. The molecule has 0 aliphatic heterocycles. The molecule has 21 heavy (non-hydrogen) atoms. The topological polar surface area (TPSA) is 84.9 Å². The van der Waals surface area contributed by atoms with Gasteiger partial charge in [0.1, 0.15) is 23.9 Å². The molecule has 2 heterocycles. The second-order valence-corrected chi connectivity index (χ2v) is 4.58. The van der Waals surface area contributed by atoms with E-state index in [-0.39, 0.29) is 5.84 Å². The van der Waals surface area contributed by atoms with Gasteiger partial charge in [-0.1, -0.05) is 6.07 Å². The first-order valence-corrected chi connectivity index (χ1v) is 6.50. The fourth-order valence-electron chi connectivity index (χ4n) is 2.07. The van der Waals surface area contributed by atoms with Crippen molar-refractivity contribution in [1.29, 1.82) is 5.41 Å². The molecule has 0 radical (unpaired) electrons. The molecular formula is C16H14N4O. The van der Waals surface area contributed by atoms with Gasteiger partial charge in [0.2, 0.25) is 0 Å². The van der Waals surface area contributed by atoms with E-state index < -0.39 is 0 Å². The van der Waals surface area contributed by atoms with Gasteiger partial charge in [0, 0.05) is 17.8 Å². The highest BCUT2D eigenvalue weighted by Crippen LogP contribution is 2.24. The molecule has 0 saturated heterocycles. The number of nitrogens with two attached hydrogens (primary N) is 1. The van der Waals surface area contributed by atoms with Crippen LogP contribution in [0, 0.1) is 5.41 Å². The summed E-state index contributed by atoms with van der Waals surface area (Å²) in [7, 11) is 0. The third-order valence-corrected chi connectivity index (χ3v) is 3.10. The molecule has 5 heteroatoms. The molecule has 0 unspecified atom stereocenters. The Morgan fingerprint density at radius 1 is 1.10 bits per heavy atom. The van der Waals surface area contributed by atoms with Crippen LogP contribution in [-0.4, -0.2) is 15.8 Å². The Bertz CT molecular complexity index is 796. The van der Waals surface area contributed by atoms with Gasteiger partial charge in [-0.15, -0.1) is 0 Å². The Morgan fingerprint density at radius 3 is 2.86 bits per heavy atom. The van der Waals surface area contributed by atoms with Gasteiger partial charge in [-0.3, -0.25) is 15.4 Å². The fraction of sp³-hybridized carbons (Fsp3) is 0.0625. The number of hydrogen-bond donors (Lipinski definition) is 2. The van der Waals surface area contributed by atoms with Crippen LogP contribution in [0.5, 0.6) is 5.75 Å². The third-order valence-electron chi connectivity index (χ3n) is 3.10. The molecule has 3 rings (SSSR count). The maximum atomic E-state index is 7.40. The van der Waals surface area contributed by atoms with Crippen molar-refractivity contribution in [3.05, 3.63) is 66.1 Å². The zero-order valence-corrected chi connectivity index (χ0v) is 11.3. The fourth-order valence-corrected chi connectivity index (χ4v) is 2.07. The highest BCUT2D eigenvalue weighted by molar-refractivity contribution is 5.93. The lowest BCUT2D eigenvalue weighted by molar-refractivity contribution is 0.310. The molecule has 0 spiro atoms. The molecule has 3 aromatic rings. The number of aromatic nitrogens is 2. The maximum absolute atomic E-state index is 7.40. The van der Waals surface area contributed by atoms with E-state index >= 15 is 0 Å². The summed E-state index contributed by atoms with van der Waals surface area (Å²) >= 11 is 0. The van der Waals surface area contributed by atoms with Crippen LogP contribution in [0.3, 0.4) is 0 Å². The quantitative estimate of drug-likeness (QED) is 0.567.